The summed E-state index contributed by atoms with van der Waals surface area (Å²) >= 11 is 0. The quantitative estimate of drug-likeness (QED) is 0.521. The zero-order chi connectivity index (χ0) is 25.6. The van der Waals surface area contributed by atoms with E-state index in [4.69, 9.17) is 0 Å². The van der Waals surface area contributed by atoms with Crippen molar-refractivity contribution in [1.82, 2.24) is 19.7 Å². The second-order valence-corrected chi connectivity index (χ2v) is 10.5. The van der Waals surface area contributed by atoms with E-state index in [-0.39, 0.29) is 38.4 Å². The second kappa shape index (κ2) is 9.20. The van der Waals surface area contributed by atoms with Crippen LogP contribution in [0.3, 0.4) is 0 Å². The number of amides is 1. The van der Waals surface area contributed by atoms with Gasteiger partial charge in [-0.25, -0.2) is 13.8 Å². The van der Waals surface area contributed by atoms with Crippen molar-refractivity contribution in [2.24, 2.45) is 5.41 Å². The average Bonchev–Trinajstić information content (AvgIpc) is 3.52. The largest absolute Gasteiger partial charge is 0.394 e. The molecule has 2 aromatic heterocycles. The van der Waals surface area contributed by atoms with Gasteiger partial charge in [-0.3, -0.25) is 9.48 Å². The van der Waals surface area contributed by atoms with Gasteiger partial charge in [0.1, 0.15) is 5.82 Å². The SMILES string of the molecule is O=C(Nc1ccnc(N2CCC(F)(F)CC2)n1)c1ccc2c(cnn2CCO)c1N1CCC2(CC1)CC2. The lowest BCUT2D eigenvalue weighted by atomic mass is 9.92. The van der Waals surface area contributed by atoms with Crippen LogP contribution in [0.25, 0.3) is 10.9 Å². The maximum Gasteiger partial charge on any atom is 0.258 e. The maximum atomic E-state index is 13.6. The van der Waals surface area contributed by atoms with Crippen molar-refractivity contribution < 1.29 is 18.7 Å². The lowest BCUT2D eigenvalue weighted by Gasteiger charge is -2.35. The molecule has 6 rings (SSSR count). The van der Waals surface area contributed by atoms with E-state index >= 15 is 0 Å². The standard InChI is InChI=1S/C26H31F2N7O2/c27-26(28)8-13-34(14-9-26)24-29-10-3-21(32-24)31-23(37)18-1-2-20-19(17-30-35(20)15-16-36)22(18)33-11-6-25(4-5-25)7-12-33/h1-3,10,17,36H,4-9,11-16H2,(H,29,31,32,37). The summed E-state index contributed by atoms with van der Waals surface area (Å²) in [5, 5.41) is 17.7. The third-order valence-corrected chi connectivity index (χ3v) is 8.11. The number of piperidine rings is 2. The number of rotatable bonds is 6. The highest BCUT2D eigenvalue weighted by Crippen LogP contribution is 2.54. The Kier molecular flexibility index (Phi) is 5.97. The predicted octanol–water partition coefficient (Wildman–Crippen LogP) is 3.69. The number of alkyl halides is 2. The third-order valence-electron chi connectivity index (χ3n) is 8.11. The number of aliphatic hydroxyl groups is 1. The predicted molar refractivity (Wildman–Crippen MR) is 136 cm³/mol. The summed E-state index contributed by atoms with van der Waals surface area (Å²) in [6, 6.07) is 5.27. The van der Waals surface area contributed by atoms with Crippen LogP contribution in [0.1, 0.15) is 48.9 Å². The highest BCUT2D eigenvalue weighted by atomic mass is 19.3. The van der Waals surface area contributed by atoms with Crippen LogP contribution in [0.4, 0.5) is 26.2 Å². The fourth-order valence-electron chi connectivity index (χ4n) is 5.61. The summed E-state index contributed by atoms with van der Waals surface area (Å²) in [4.78, 5) is 26.3. The smallest absolute Gasteiger partial charge is 0.258 e. The van der Waals surface area contributed by atoms with Crippen molar-refractivity contribution in [1.29, 1.82) is 0 Å². The second-order valence-electron chi connectivity index (χ2n) is 10.5. The van der Waals surface area contributed by atoms with Crippen LogP contribution in [-0.4, -0.2) is 69.5 Å². The minimum atomic E-state index is -2.66. The number of halogens is 2. The molecule has 3 aliphatic rings. The number of nitrogens with zero attached hydrogens (tertiary/aromatic N) is 6. The zero-order valence-electron chi connectivity index (χ0n) is 20.7. The molecule has 0 atom stereocenters. The fourth-order valence-corrected chi connectivity index (χ4v) is 5.61. The van der Waals surface area contributed by atoms with Gasteiger partial charge in [-0.15, -0.1) is 0 Å². The van der Waals surface area contributed by atoms with Gasteiger partial charge < -0.3 is 20.2 Å². The molecule has 11 heteroatoms. The Labute approximate surface area is 213 Å². The molecule has 0 radical (unpaired) electrons. The summed E-state index contributed by atoms with van der Waals surface area (Å²) in [5.41, 5.74) is 2.74. The Balaban J connectivity index is 1.28. The molecule has 2 saturated heterocycles. The topological polar surface area (TPSA) is 99.4 Å². The van der Waals surface area contributed by atoms with Crippen LogP contribution >= 0.6 is 0 Å². The van der Waals surface area contributed by atoms with Crippen molar-refractivity contribution in [3.63, 3.8) is 0 Å². The molecule has 3 aromatic rings. The molecule has 9 nitrogen and oxygen atoms in total. The lowest BCUT2D eigenvalue weighted by Crippen LogP contribution is -2.40. The molecule has 4 heterocycles. The molecule has 0 unspecified atom stereocenters. The van der Waals surface area contributed by atoms with Crippen molar-refractivity contribution >= 4 is 34.3 Å². The number of anilines is 3. The van der Waals surface area contributed by atoms with E-state index in [1.165, 1.54) is 19.0 Å². The fraction of sp³-hybridized carbons (Fsp3) is 0.538. The van der Waals surface area contributed by atoms with Gasteiger partial charge in [0.15, 0.2) is 0 Å². The van der Waals surface area contributed by atoms with Crippen LogP contribution in [0, 0.1) is 5.41 Å². The molecule has 3 fully saturated rings. The summed E-state index contributed by atoms with van der Waals surface area (Å²) in [7, 11) is 0. The van der Waals surface area contributed by atoms with E-state index in [9.17, 15) is 18.7 Å². The van der Waals surface area contributed by atoms with Crippen LogP contribution < -0.4 is 15.1 Å². The van der Waals surface area contributed by atoms with Crippen molar-refractivity contribution in [2.45, 2.75) is 51.0 Å². The molecule has 196 valence electrons. The Bertz CT molecular complexity index is 1300. The monoisotopic (exact) mass is 511 g/mol. The summed E-state index contributed by atoms with van der Waals surface area (Å²) in [6.45, 7) is 2.44. The maximum absolute atomic E-state index is 13.6. The number of benzene rings is 1. The molecule has 1 saturated carbocycles. The van der Waals surface area contributed by atoms with Crippen LogP contribution in [-0.2, 0) is 6.54 Å². The number of aromatic nitrogens is 4. The Hall–Kier alpha value is -3.34. The first kappa shape index (κ1) is 24.0. The number of nitrogens with one attached hydrogen (secondary N) is 1. The molecular weight excluding hydrogens is 480 g/mol. The van der Waals surface area contributed by atoms with Crippen LogP contribution in [0.15, 0.2) is 30.6 Å². The number of aliphatic hydroxyl groups excluding tert-OH is 1. The molecule has 37 heavy (non-hydrogen) atoms. The molecule has 1 spiro atoms. The van der Waals surface area contributed by atoms with Gasteiger partial charge in [-0.1, -0.05) is 0 Å². The van der Waals surface area contributed by atoms with Gasteiger partial charge in [-0.05, 0) is 49.3 Å². The van der Waals surface area contributed by atoms with Gasteiger partial charge in [-0.2, -0.15) is 10.1 Å². The highest BCUT2D eigenvalue weighted by molar-refractivity contribution is 6.13. The first-order chi connectivity index (χ1) is 17.9. The van der Waals surface area contributed by atoms with Crippen LogP contribution in [0.2, 0.25) is 0 Å². The normalized spacial score (nSPS) is 20.4. The zero-order valence-corrected chi connectivity index (χ0v) is 20.7. The minimum absolute atomic E-state index is 0.0225. The Morgan fingerprint density at radius 2 is 1.73 bits per heavy atom. The van der Waals surface area contributed by atoms with Gasteiger partial charge >= 0.3 is 0 Å². The number of carbonyl (C=O) groups is 1. The first-order valence-electron chi connectivity index (χ1n) is 13.0. The Morgan fingerprint density at radius 3 is 2.43 bits per heavy atom. The van der Waals surface area contributed by atoms with E-state index in [2.05, 4.69) is 25.3 Å². The van der Waals surface area contributed by atoms with Gasteiger partial charge in [0, 0.05) is 50.6 Å². The van der Waals surface area contributed by atoms with E-state index in [1.807, 2.05) is 6.07 Å². The molecule has 1 aromatic carbocycles. The number of hydrogen-bond acceptors (Lipinski definition) is 7. The first-order valence-corrected chi connectivity index (χ1v) is 13.0. The van der Waals surface area contributed by atoms with E-state index in [0.717, 1.165) is 42.5 Å². The highest BCUT2D eigenvalue weighted by Gasteiger charge is 2.45. The van der Waals surface area contributed by atoms with Crippen LogP contribution in [0.5, 0.6) is 0 Å². The third kappa shape index (κ3) is 4.72. The van der Waals surface area contributed by atoms with E-state index in [0.29, 0.717) is 29.3 Å². The molecule has 2 aliphatic heterocycles. The molecule has 1 aliphatic carbocycles. The molecule has 0 bridgehead atoms. The van der Waals surface area contributed by atoms with Crippen molar-refractivity contribution in [3.05, 3.63) is 36.2 Å². The van der Waals surface area contributed by atoms with Gasteiger partial charge in [0.25, 0.3) is 11.8 Å². The van der Waals surface area contributed by atoms with E-state index in [1.54, 1.807) is 27.9 Å². The van der Waals surface area contributed by atoms with Gasteiger partial charge in [0.05, 0.1) is 36.1 Å². The van der Waals surface area contributed by atoms with E-state index < -0.39 is 5.92 Å². The summed E-state index contributed by atoms with van der Waals surface area (Å²) in [6.07, 6.45) is 7.63. The summed E-state index contributed by atoms with van der Waals surface area (Å²) < 4.78 is 28.9. The lowest BCUT2D eigenvalue weighted by molar-refractivity contribution is -0.0222. The number of carbonyl (C=O) groups excluding carboxylic acids is 1. The number of hydrogen-bond donors (Lipinski definition) is 2. The van der Waals surface area contributed by atoms with Crippen molar-refractivity contribution in [3.8, 4) is 0 Å². The number of fused-ring (bicyclic) bond motifs is 1. The molecule has 2 N–H and O–H groups in total. The molecule has 1 amide bonds. The average molecular weight is 512 g/mol. The summed E-state index contributed by atoms with van der Waals surface area (Å²) in [5.74, 6) is -2.30. The molecular formula is C26H31F2N7O2. The minimum Gasteiger partial charge on any atom is -0.394 e. The Morgan fingerprint density at radius 1 is 1.00 bits per heavy atom. The van der Waals surface area contributed by atoms with Crippen molar-refractivity contribution in [2.75, 3.05) is 47.9 Å². The van der Waals surface area contributed by atoms with Gasteiger partial charge in [0.2, 0.25) is 5.95 Å².